The molecule has 23 nitrogen and oxygen atoms in total. The lowest BCUT2D eigenvalue weighted by atomic mass is 10.0. The van der Waals surface area contributed by atoms with Crippen LogP contribution in [0.4, 0.5) is 0 Å². The van der Waals surface area contributed by atoms with Gasteiger partial charge in [0.2, 0.25) is 41.4 Å². The van der Waals surface area contributed by atoms with Gasteiger partial charge in [0.15, 0.2) is 11.9 Å². The van der Waals surface area contributed by atoms with Crippen molar-refractivity contribution in [2.75, 3.05) is 26.7 Å². The second kappa shape index (κ2) is 26.8. The molecule has 7 amide bonds. The molecule has 1 aliphatic rings. The van der Waals surface area contributed by atoms with Gasteiger partial charge in [0.05, 0.1) is 12.8 Å². The Morgan fingerprint density at radius 1 is 0.764 bits per heavy atom. The van der Waals surface area contributed by atoms with Crippen LogP contribution in [-0.2, 0) is 57.6 Å². The van der Waals surface area contributed by atoms with Crippen LogP contribution in [0.2, 0.25) is 0 Å². The molecule has 0 aliphatic carbocycles. The van der Waals surface area contributed by atoms with Gasteiger partial charge in [-0.05, 0) is 67.2 Å². The molecule has 0 radical (unpaired) electrons. The predicted molar refractivity (Wildman–Crippen MR) is 270 cm³/mol. The van der Waals surface area contributed by atoms with Crippen LogP contribution in [-0.4, -0.2) is 142 Å². The molecule has 2 aromatic heterocycles. The number of aromatic nitrogens is 1. The van der Waals surface area contributed by atoms with E-state index in [1.165, 1.54) is 21.1 Å². The maximum absolute atomic E-state index is 14.7. The maximum atomic E-state index is 14.7. The Hall–Kier alpha value is -8.02. The number of carbonyl (C=O) groups is 8. The third-order valence-electron chi connectivity index (χ3n) is 12.1. The summed E-state index contributed by atoms with van der Waals surface area (Å²) in [5.41, 5.74) is 29.5. The fourth-order valence-electron chi connectivity index (χ4n) is 8.35. The van der Waals surface area contributed by atoms with Crippen molar-refractivity contribution in [1.29, 1.82) is 0 Å². The molecule has 386 valence electrons. The van der Waals surface area contributed by atoms with Crippen molar-refractivity contribution < 1.29 is 43.5 Å². The first-order chi connectivity index (χ1) is 34.4. The van der Waals surface area contributed by atoms with E-state index in [1.807, 2.05) is 41.8 Å². The summed E-state index contributed by atoms with van der Waals surface area (Å²) < 4.78 is 0. The number of nitrogens with zero attached hydrogens (tertiary/aromatic N) is 4. The maximum Gasteiger partial charge on any atom is 0.326 e. The quantitative estimate of drug-likeness (QED) is 0.0196. The van der Waals surface area contributed by atoms with Gasteiger partial charge in [0.25, 0.3) is 0 Å². The first-order valence-electron chi connectivity index (χ1n) is 23.4. The molecule has 0 bridgehead atoms. The summed E-state index contributed by atoms with van der Waals surface area (Å²) in [7, 11) is 1.55. The third-order valence-corrected chi connectivity index (χ3v) is 12.9. The molecule has 72 heavy (non-hydrogen) atoms. The number of hydrogen-bond donors (Lipinski definition) is 11. The summed E-state index contributed by atoms with van der Waals surface area (Å²) in [6, 6.07) is 12.3. The van der Waals surface area contributed by atoms with E-state index in [0.29, 0.717) is 12.0 Å². The number of para-hydroxylation sites is 1. The van der Waals surface area contributed by atoms with Crippen LogP contribution in [0.5, 0.6) is 0 Å². The molecule has 2 aromatic carbocycles. The molecule has 0 unspecified atom stereocenters. The number of benzene rings is 2. The van der Waals surface area contributed by atoms with Crippen molar-refractivity contribution >= 4 is 81.5 Å². The van der Waals surface area contributed by atoms with Crippen molar-refractivity contribution in [2.24, 2.45) is 38.7 Å². The lowest BCUT2D eigenvalue weighted by Gasteiger charge is -2.32. The Balaban J connectivity index is 1.41. The number of aliphatic imine (C=N–C) groups is 2. The van der Waals surface area contributed by atoms with Crippen molar-refractivity contribution in [3.63, 3.8) is 0 Å². The topological polar surface area (TPSA) is 382 Å². The highest BCUT2D eigenvalue weighted by molar-refractivity contribution is 7.10. The summed E-state index contributed by atoms with van der Waals surface area (Å²) >= 11 is 1.41. The number of nitrogens with two attached hydrogens (primary N) is 5. The van der Waals surface area contributed by atoms with Crippen molar-refractivity contribution in [3.8, 4) is 0 Å². The van der Waals surface area contributed by atoms with Gasteiger partial charge < -0.3 is 69.8 Å². The normalized spacial score (nSPS) is 15.2. The number of fused-ring (bicyclic) bond motifs is 1. The van der Waals surface area contributed by atoms with Crippen molar-refractivity contribution in [3.05, 3.63) is 94.3 Å². The number of likely N-dealkylation sites (N-methyl/N-ethyl adjacent to an activating group) is 1. The van der Waals surface area contributed by atoms with E-state index < -0.39 is 84.1 Å². The number of likely N-dealkylation sites (tertiary alicyclic amines) is 1. The number of carbonyl (C=O) groups excluding carboxylic acids is 7. The molecule has 3 heterocycles. The molecule has 6 atom stereocenters. The SMILES string of the molecule is CN(C(=O)Cc1cccs1)[C@@H](Cc1c[nH]c2ccccc12)C(=O)N[C@@H](Cc1ccccc1)C(=O)N[C@@H](CCCN=C(N)N)C(=O)N1CCC[C@H]1C(=O)N[C@@H](CCCN=C(N)N)C(=O)N[C@@H](CC(N)=O)C(=O)O. The van der Waals surface area contributed by atoms with Gasteiger partial charge >= 0.3 is 5.97 Å². The minimum Gasteiger partial charge on any atom is -0.480 e. The molecule has 1 fully saturated rings. The van der Waals surface area contributed by atoms with Gasteiger partial charge in [-0.3, -0.25) is 43.5 Å². The first-order valence-corrected chi connectivity index (χ1v) is 24.3. The number of aliphatic carboxylic acids is 1. The van der Waals surface area contributed by atoms with E-state index in [1.54, 1.807) is 43.6 Å². The summed E-state index contributed by atoms with van der Waals surface area (Å²) in [5, 5.41) is 23.0. The highest BCUT2D eigenvalue weighted by Gasteiger charge is 2.40. The predicted octanol–water partition coefficient (Wildman–Crippen LogP) is -0.918. The van der Waals surface area contributed by atoms with Gasteiger partial charge in [0, 0.05) is 61.5 Å². The van der Waals surface area contributed by atoms with E-state index in [0.717, 1.165) is 21.3 Å². The minimum absolute atomic E-state index is 0.00634. The number of amides is 7. The number of guanidine groups is 2. The van der Waals surface area contributed by atoms with E-state index in [2.05, 4.69) is 36.2 Å². The zero-order valence-corrected chi connectivity index (χ0v) is 40.8. The number of nitrogens with one attached hydrogen (secondary N) is 5. The molecule has 16 N–H and O–H groups in total. The van der Waals surface area contributed by atoms with Crippen LogP contribution in [0.25, 0.3) is 10.9 Å². The average molecular weight is 1010 g/mol. The van der Waals surface area contributed by atoms with Crippen molar-refractivity contribution in [1.82, 2.24) is 36.1 Å². The number of H-pyrrole nitrogens is 1. The zero-order valence-electron chi connectivity index (χ0n) is 40.0. The summed E-state index contributed by atoms with van der Waals surface area (Å²) in [6.45, 7) is 0.229. The van der Waals surface area contributed by atoms with Gasteiger partial charge in [-0.25, -0.2) is 4.79 Å². The van der Waals surface area contributed by atoms with E-state index in [4.69, 9.17) is 28.7 Å². The lowest BCUT2D eigenvalue weighted by molar-refractivity contribution is -0.144. The Kier molecular flexibility index (Phi) is 20.5. The van der Waals surface area contributed by atoms with Crippen LogP contribution < -0.4 is 49.9 Å². The highest BCUT2D eigenvalue weighted by Crippen LogP contribution is 2.23. The highest BCUT2D eigenvalue weighted by atomic mass is 32.1. The molecule has 0 spiro atoms. The Labute approximate surface area is 419 Å². The summed E-state index contributed by atoms with van der Waals surface area (Å²) in [5.74, 6) is -6.91. The molecule has 1 saturated heterocycles. The van der Waals surface area contributed by atoms with Gasteiger partial charge in [-0.2, -0.15) is 0 Å². The Morgan fingerprint density at radius 2 is 1.39 bits per heavy atom. The molecule has 5 rings (SSSR count). The number of thiophene rings is 1. The van der Waals surface area contributed by atoms with Gasteiger partial charge in [-0.1, -0.05) is 54.6 Å². The molecular weight excluding hydrogens is 949 g/mol. The van der Waals surface area contributed by atoms with E-state index in [-0.39, 0.29) is 88.8 Å². The van der Waals surface area contributed by atoms with Gasteiger partial charge in [0.1, 0.15) is 36.3 Å². The van der Waals surface area contributed by atoms with Gasteiger partial charge in [-0.15, -0.1) is 11.3 Å². The van der Waals surface area contributed by atoms with Crippen LogP contribution in [0.3, 0.4) is 0 Å². The number of aromatic amines is 1. The molecule has 0 saturated carbocycles. The number of carboxylic acids is 1. The molecule has 1 aliphatic heterocycles. The molecule has 4 aromatic rings. The fourth-order valence-corrected chi connectivity index (χ4v) is 9.05. The zero-order chi connectivity index (χ0) is 52.3. The average Bonchev–Trinajstić information content (AvgIpc) is 4.14. The van der Waals surface area contributed by atoms with E-state index >= 15 is 0 Å². The fraction of sp³-hybridized carbons (Fsp3) is 0.417. The van der Waals surface area contributed by atoms with Crippen LogP contribution in [0, 0.1) is 0 Å². The standard InChI is InChI=1S/C48H64N14O9S/c1-61(40(64)25-30-13-10-22-72-30)38(24-29-27-56-32-15-6-5-14-31(29)32)44(68)59-35(23-28-11-3-2-4-12-28)42(66)58-34(17-8-20-55-48(52)53)45(69)62-21-9-18-37(62)43(67)57-33(16-7-19-54-47(50)51)41(65)60-36(46(70)71)26-39(49)63/h2-6,10-15,22,27,33-38,56H,7-9,16-21,23-26H2,1H3,(H2,49,63)(H,57,67)(H,58,66)(H,59,68)(H,60,65)(H,70,71)(H4,50,51,54)(H4,52,53,55)/t33-,34-,35-,36-,37-,38-/m0/s1. The second-order valence-corrected chi connectivity index (χ2v) is 18.4. The minimum atomic E-state index is -1.69. The van der Waals surface area contributed by atoms with Crippen LogP contribution in [0.1, 0.15) is 60.9 Å². The lowest BCUT2D eigenvalue weighted by Crippen LogP contribution is -2.60. The summed E-state index contributed by atoms with van der Waals surface area (Å²) in [4.78, 5) is 124. The number of hydrogen-bond acceptors (Lipinski definition) is 11. The molecule has 24 heteroatoms. The Bertz CT molecular complexity index is 2580. The Morgan fingerprint density at radius 3 is 2.03 bits per heavy atom. The summed E-state index contributed by atoms with van der Waals surface area (Å²) in [6.07, 6.45) is 2.01. The largest absolute Gasteiger partial charge is 0.480 e. The van der Waals surface area contributed by atoms with E-state index in [9.17, 15) is 43.5 Å². The van der Waals surface area contributed by atoms with Crippen LogP contribution >= 0.6 is 11.3 Å². The van der Waals surface area contributed by atoms with Crippen molar-refractivity contribution in [2.45, 2.75) is 100 Å². The number of carboxylic acid groups (broad SMARTS) is 1. The monoisotopic (exact) mass is 1010 g/mol. The second-order valence-electron chi connectivity index (χ2n) is 17.4. The number of primary amides is 1. The smallest absolute Gasteiger partial charge is 0.326 e. The molecular formula is C48H64N14O9S. The van der Waals surface area contributed by atoms with Crippen LogP contribution in [0.15, 0.2) is 88.3 Å². The number of rotatable bonds is 27. The third kappa shape index (κ3) is 16.3. The first kappa shape index (κ1) is 54.9.